The molecule has 0 amide bonds. The molecule has 0 heterocycles. The number of rotatable bonds is 2. The Morgan fingerprint density at radius 3 is 2.50 bits per heavy atom. The average molecular weight is 192 g/mol. The zero-order valence-electron chi connectivity index (χ0n) is 8.67. The van der Waals surface area contributed by atoms with Gasteiger partial charge >= 0.3 is 0 Å². The molecule has 2 unspecified atom stereocenters. The first kappa shape index (κ1) is 9.70. The molecule has 1 aliphatic carbocycles. The SMILES string of the molecule is CCC1CCC(c2ccc(F)cc2)C1. The third kappa shape index (κ3) is 1.97. The minimum Gasteiger partial charge on any atom is -0.207 e. The molecule has 2 atom stereocenters. The monoisotopic (exact) mass is 192 g/mol. The van der Waals surface area contributed by atoms with E-state index in [4.69, 9.17) is 0 Å². The Morgan fingerprint density at radius 1 is 1.21 bits per heavy atom. The van der Waals surface area contributed by atoms with E-state index in [-0.39, 0.29) is 5.82 Å². The molecule has 0 aromatic heterocycles. The molecule has 1 saturated carbocycles. The number of hydrogen-bond acceptors (Lipinski definition) is 0. The van der Waals surface area contributed by atoms with Gasteiger partial charge in [-0.15, -0.1) is 0 Å². The lowest BCUT2D eigenvalue weighted by Gasteiger charge is -2.10. The van der Waals surface area contributed by atoms with E-state index in [2.05, 4.69) is 6.92 Å². The van der Waals surface area contributed by atoms with Crippen LogP contribution < -0.4 is 0 Å². The van der Waals surface area contributed by atoms with Crippen LogP contribution in [0.2, 0.25) is 0 Å². The summed E-state index contributed by atoms with van der Waals surface area (Å²) in [6.45, 7) is 2.26. The van der Waals surface area contributed by atoms with E-state index in [1.54, 1.807) is 12.1 Å². The van der Waals surface area contributed by atoms with Crippen LogP contribution in [0, 0.1) is 11.7 Å². The van der Waals surface area contributed by atoms with Crippen molar-refractivity contribution in [3.63, 3.8) is 0 Å². The zero-order chi connectivity index (χ0) is 9.97. The van der Waals surface area contributed by atoms with Gasteiger partial charge in [0.1, 0.15) is 5.82 Å². The lowest BCUT2D eigenvalue weighted by molar-refractivity contribution is 0.521. The molecule has 0 N–H and O–H groups in total. The quantitative estimate of drug-likeness (QED) is 0.661. The second-order valence-corrected chi connectivity index (χ2v) is 4.34. The van der Waals surface area contributed by atoms with E-state index in [0.29, 0.717) is 5.92 Å². The standard InChI is InChI=1S/C13H17F/c1-2-10-3-4-12(9-10)11-5-7-13(14)8-6-11/h5-8,10,12H,2-4,9H2,1H3. The Balaban J connectivity index is 2.06. The minimum absolute atomic E-state index is 0.126. The summed E-state index contributed by atoms with van der Waals surface area (Å²) in [6.07, 6.45) is 5.21. The van der Waals surface area contributed by atoms with Crippen LogP contribution in [-0.4, -0.2) is 0 Å². The maximum absolute atomic E-state index is 12.7. The van der Waals surface area contributed by atoms with Gasteiger partial charge in [-0.3, -0.25) is 0 Å². The third-order valence-corrected chi connectivity index (χ3v) is 3.46. The summed E-state index contributed by atoms with van der Waals surface area (Å²) in [5, 5.41) is 0. The Hall–Kier alpha value is -0.850. The van der Waals surface area contributed by atoms with Crippen molar-refractivity contribution in [1.82, 2.24) is 0 Å². The molecule has 1 heteroatoms. The summed E-state index contributed by atoms with van der Waals surface area (Å²) in [5.74, 6) is 1.45. The van der Waals surface area contributed by atoms with Crippen LogP contribution in [0.1, 0.15) is 44.1 Å². The molecule has 0 aliphatic heterocycles. The summed E-state index contributed by atoms with van der Waals surface area (Å²) < 4.78 is 12.7. The molecular formula is C13H17F. The largest absolute Gasteiger partial charge is 0.207 e. The topological polar surface area (TPSA) is 0 Å². The molecule has 1 fully saturated rings. The van der Waals surface area contributed by atoms with Crippen molar-refractivity contribution in [1.29, 1.82) is 0 Å². The van der Waals surface area contributed by atoms with Gasteiger partial charge in [0.15, 0.2) is 0 Å². The maximum atomic E-state index is 12.7. The lowest BCUT2D eigenvalue weighted by atomic mass is 9.96. The number of hydrogen-bond donors (Lipinski definition) is 0. The third-order valence-electron chi connectivity index (χ3n) is 3.46. The van der Waals surface area contributed by atoms with E-state index >= 15 is 0 Å². The van der Waals surface area contributed by atoms with Gasteiger partial charge in [0, 0.05) is 0 Å². The molecule has 76 valence electrons. The molecule has 0 nitrogen and oxygen atoms in total. The number of halogens is 1. The highest BCUT2D eigenvalue weighted by molar-refractivity contribution is 5.21. The van der Waals surface area contributed by atoms with Gasteiger partial charge in [0.05, 0.1) is 0 Å². The van der Waals surface area contributed by atoms with Crippen LogP contribution in [0.5, 0.6) is 0 Å². The Morgan fingerprint density at radius 2 is 1.93 bits per heavy atom. The Kier molecular flexibility index (Phi) is 2.85. The molecule has 0 saturated heterocycles. The van der Waals surface area contributed by atoms with Crippen molar-refractivity contribution in [2.24, 2.45) is 5.92 Å². The first-order valence-electron chi connectivity index (χ1n) is 5.55. The normalized spacial score (nSPS) is 26.7. The second-order valence-electron chi connectivity index (χ2n) is 4.34. The van der Waals surface area contributed by atoms with Crippen molar-refractivity contribution >= 4 is 0 Å². The Labute approximate surface area is 85.1 Å². The van der Waals surface area contributed by atoms with Gasteiger partial charge in [-0.1, -0.05) is 25.5 Å². The van der Waals surface area contributed by atoms with Gasteiger partial charge in [-0.05, 0) is 48.8 Å². The fraction of sp³-hybridized carbons (Fsp3) is 0.538. The Bertz CT molecular complexity index is 289. The van der Waals surface area contributed by atoms with Crippen molar-refractivity contribution in [2.75, 3.05) is 0 Å². The van der Waals surface area contributed by atoms with Crippen molar-refractivity contribution in [3.05, 3.63) is 35.6 Å². The van der Waals surface area contributed by atoms with Crippen LogP contribution in [0.25, 0.3) is 0 Å². The molecule has 0 bridgehead atoms. The highest BCUT2D eigenvalue weighted by Gasteiger charge is 2.24. The average Bonchev–Trinajstić information content (AvgIpc) is 2.67. The van der Waals surface area contributed by atoms with Crippen LogP contribution in [-0.2, 0) is 0 Å². The van der Waals surface area contributed by atoms with E-state index in [0.717, 1.165) is 5.92 Å². The zero-order valence-corrected chi connectivity index (χ0v) is 8.67. The predicted molar refractivity (Wildman–Crippen MR) is 56.8 cm³/mol. The highest BCUT2D eigenvalue weighted by atomic mass is 19.1. The van der Waals surface area contributed by atoms with E-state index < -0.39 is 0 Å². The van der Waals surface area contributed by atoms with Crippen molar-refractivity contribution in [3.8, 4) is 0 Å². The van der Waals surface area contributed by atoms with Crippen LogP contribution in [0.3, 0.4) is 0 Å². The predicted octanol–water partition coefficient (Wildman–Crippen LogP) is 4.12. The fourth-order valence-corrected chi connectivity index (χ4v) is 2.48. The molecule has 14 heavy (non-hydrogen) atoms. The molecule has 1 aromatic rings. The lowest BCUT2D eigenvalue weighted by Crippen LogP contribution is -1.94. The van der Waals surface area contributed by atoms with Gasteiger partial charge in [-0.25, -0.2) is 4.39 Å². The van der Waals surface area contributed by atoms with Gasteiger partial charge in [0.2, 0.25) is 0 Å². The van der Waals surface area contributed by atoms with Crippen LogP contribution in [0.15, 0.2) is 24.3 Å². The smallest absolute Gasteiger partial charge is 0.123 e. The molecular weight excluding hydrogens is 175 g/mol. The van der Waals surface area contributed by atoms with E-state index in [1.165, 1.54) is 31.2 Å². The van der Waals surface area contributed by atoms with Crippen molar-refractivity contribution < 1.29 is 4.39 Å². The van der Waals surface area contributed by atoms with Gasteiger partial charge in [-0.2, -0.15) is 0 Å². The van der Waals surface area contributed by atoms with E-state index in [1.807, 2.05) is 12.1 Å². The molecule has 0 radical (unpaired) electrons. The molecule has 1 aliphatic rings. The van der Waals surface area contributed by atoms with E-state index in [9.17, 15) is 4.39 Å². The van der Waals surface area contributed by atoms with Crippen molar-refractivity contribution in [2.45, 2.75) is 38.5 Å². The number of benzene rings is 1. The summed E-state index contributed by atoms with van der Waals surface area (Å²) in [4.78, 5) is 0. The maximum Gasteiger partial charge on any atom is 0.123 e. The first-order chi connectivity index (χ1) is 6.79. The summed E-state index contributed by atoms with van der Waals surface area (Å²) in [5.41, 5.74) is 1.32. The van der Waals surface area contributed by atoms with Gasteiger partial charge in [0.25, 0.3) is 0 Å². The molecule has 2 rings (SSSR count). The van der Waals surface area contributed by atoms with Crippen LogP contribution >= 0.6 is 0 Å². The summed E-state index contributed by atoms with van der Waals surface area (Å²) in [7, 11) is 0. The van der Waals surface area contributed by atoms with Crippen LogP contribution in [0.4, 0.5) is 4.39 Å². The minimum atomic E-state index is -0.126. The first-order valence-corrected chi connectivity index (χ1v) is 5.55. The summed E-state index contributed by atoms with van der Waals surface area (Å²) in [6, 6.07) is 7.04. The second kappa shape index (κ2) is 4.12. The molecule has 1 aromatic carbocycles. The van der Waals surface area contributed by atoms with Gasteiger partial charge < -0.3 is 0 Å². The summed E-state index contributed by atoms with van der Waals surface area (Å²) >= 11 is 0. The highest BCUT2D eigenvalue weighted by Crippen LogP contribution is 2.39. The molecule has 0 spiro atoms. The fourth-order valence-electron chi connectivity index (χ4n) is 2.48.